The highest BCUT2D eigenvalue weighted by atomic mass is 16.1. The van der Waals surface area contributed by atoms with E-state index in [2.05, 4.69) is 23.4 Å². The number of terminal acetylenes is 1. The molecule has 0 aliphatic heterocycles. The van der Waals surface area contributed by atoms with Crippen LogP contribution in [0.15, 0.2) is 24.3 Å². The van der Waals surface area contributed by atoms with Crippen LogP contribution >= 0.6 is 0 Å². The molecule has 0 heterocycles. The largest absolute Gasteiger partial charge is 0.348 e. The fourth-order valence-electron chi connectivity index (χ4n) is 2.36. The molecule has 1 aromatic carbocycles. The number of rotatable bonds is 3. The van der Waals surface area contributed by atoms with Crippen molar-refractivity contribution in [1.82, 2.24) is 5.32 Å². The summed E-state index contributed by atoms with van der Waals surface area (Å²) in [5.74, 6) is 2.65. The minimum atomic E-state index is -0.326. The SMILES string of the molecule is C#CCC1(NC=O)CCc2ccccc21. The molecule has 1 unspecified atom stereocenters. The van der Waals surface area contributed by atoms with Crippen LogP contribution < -0.4 is 5.32 Å². The molecule has 1 amide bonds. The topological polar surface area (TPSA) is 29.1 Å². The number of fused-ring (bicyclic) bond motifs is 1. The second-order valence-electron chi connectivity index (χ2n) is 3.88. The van der Waals surface area contributed by atoms with E-state index in [0.29, 0.717) is 6.42 Å². The third-order valence-corrected chi connectivity index (χ3v) is 3.09. The average Bonchev–Trinajstić information content (AvgIpc) is 2.60. The maximum absolute atomic E-state index is 10.7. The number of aryl methyl sites for hydroxylation is 1. The fraction of sp³-hybridized carbons (Fsp3) is 0.308. The average molecular weight is 199 g/mol. The van der Waals surface area contributed by atoms with Gasteiger partial charge in [0.15, 0.2) is 0 Å². The zero-order valence-electron chi connectivity index (χ0n) is 8.49. The van der Waals surface area contributed by atoms with Gasteiger partial charge in [0, 0.05) is 6.42 Å². The minimum absolute atomic E-state index is 0.326. The number of amides is 1. The highest BCUT2D eigenvalue weighted by Crippen LogP contribution is 2.38. The first-order valence-electron chi connectivity index (χ1n) is 5.05. The van der Waals surface area contributed by atoms with Gasteiger partial charge in [-0.3, -0.25) is 4.79 Å². The van der Waals surface area contributed by atoms with Gasteiger partial charge in [0.2, 0.25) is 6.41 Å². The lowest BCUT2D eigenvalue weighted by Crippen LogP contribution is -2.39. The number of hydrogen-bond acceptors (Lipinski definition) is 1. The third kappa shape index (κ3) is 1.50. The molecule has 0 fully saturated rings. The Morgan fingerprint density at radius 1 is 1.53 bits per heavy atom. The van der Waals surface area contributed by atoms with Crippen LogP contribution in [0.4, 0.5) is 0 Å². The van der Waals surface area contributed by atoms with Crippen molar-refractivity contribution in [1.29, 1.82) is 0 Å². The number of carbonyl (C=O) groups is 1. The van der Waals surface area contributed by atoms with Crippen molar-refractivity contribution in [3.63, 3.8) is 0 Å². The first kappa shape index (κ1) is 9.79. The van der Waals surface area contributed by atoms with Crippen LogP contribution in [-0.2, 0) is 16.8 Å². The summed E-state index contributed by atoms with van der Waals surface area (Å²) in [5, 5.41) is 2.89. The molecule has 1 N–H and O–H groups in total. The molecule has 1 atom stereocenters. The van der Waals surface area contributed by atoms with Gasteiger partial charge < -0.3 is 5.32 Å². The third-order valence-electron chi connectivity index (χ3n) is 3.09. The summed E-state index contributed by atoms with van der Waals surface area (Å²) in [6.45, 7) is 0. The normalized spacial score (nSPS) is 22.9. The lowest BCUT2D eigenvalue weighted by Gasteiger charge is -2.27. The highest BCUT2D eigenvalue weighted by molar-refractivity contribution is 5.52. The summed E-state index contributed by atoms with van der Waals surface area (Å²) in [5.41, 5.74) is 2.14. The monoisotopic (exact) mass is 199 g/mol. The van der Waals surface area contributed by atoms with Gasteiger partial charge >= 0.3 is 0 Å². The molecular weight excluding hydrogens is 186 g/mol. The zero-order chi connectivity index (χ0) is 10.7. The van der Waals surface area contributed by atoms with Gasteiger partial charge in [-0.1, -0.05) is 24.3 Å². The standard InChI is InChI=1S/C13H13NO/c1-2-8-13(14-10-15)9-7-11-5-3-4-6-12(11)13/h1,3-6,10H,7-9H2,(H,14,15). The van der Waals surface area contributed by atoms with Crippen LogP contribution in [0.2, 0.25) is 0 Å². The van der Waals surface area contributed by atoms with Gasteiger partial charge in [0.25, 0.3) is 0 Å². The zero-order valence-corrected chi connectivity index (χ0v) is 8.49. The van der Waals surface area contributed by atoms with E-state index in [9.17, 15) is 4.79 Å². The smallest absolute Gasteiger partial charge is 0.207 e. The summed E-state index contributed by atoms with van der Waals surface area (Å²) in [6, 6.07) is 8.16. The molecule has 0 spiro atoms. The lowest BCUT2D eigenvalue weighted by molar-refractivity contribution is -0.111. The molecule has 2 nitrogen and oxygen atoms in total. The van der Waals surface area contributed by atoms with Crippen LogP contribution in [0.3, 0.4) is 0 Å². The Morgan fingerprint density at radius 2 is 2.33 bits per heavy atom. The Kier molecular flexibility index (Phi) is 2.47. The van der Waals surface area contributed by atoms with Crippen molar-refractivity contribution in [2.24, 2.45) is 0 Å². The first-order valence-corrected chi connectivity index (χ1v) is 5.05. The summed E-state index contributed by atoms with van der Waals surface area (Å²) >= 11 is 0. The molecule has 2 heteroatoms. The maximum atomic E-state index is 10.7. The van der Waals surface area contributed by atoms with Crippen molar-refractivity contribution in [2.45, 2.75) is 24.8 Å². The van der Waals surface area contributed by atoms with Crippen LogP contribution in [0.5, 0.6) is 0 Å². The Balaban J connectivity index is 2.44. The molecule has 1 aliphatic rings. The van der Waals surface area contributed by atoms with E-state index in [0.717, 1.165) is 19.3 Å². The van der Waals surface area contributed by atoms with Gasteiger partial charge in [-0.2, -0.15) is 0 Å². The van der Waals surface area contributed by atoms with E-state index < -0.39 is 0 Å². The van der Waals surface area contributed by atoms with E-state index in [1.165, 1.54) is 11.1 Å². The van der Waals surface area contributed by atoms with Crippen LogP contribution in [-0.4, -0.2) is 6.41 Å². The van der Waals surface area contributed by atoms with E-state index in [-0.39, 0.29) is 5.54 Å². The molecule has 2 rings (SSSR count). The summed E-state index contributed by atoms with van der Waals surface area (Å²) in [7, 11) is 0. The maximum Gasteiger partial charge on any atom is 0.207 e. The van der Waals surface area contributed by atoms with E-state index >= 15 is 0 Å². The summed E-state index contributed by atoms with van der Waals surface area (Å²) in [6.07, 6.45) is 8.57. The molecule has 0 saturated heterocycles. The van der Waals surface area contributed by atoms with Crippen molar-refractivity contribution < 1.29 is 4.79 Å². The Bertz CT molecular complexity index is 419. The van der Waals surface area contributed by atoms with Crippen molar-refractivity contribution in [2.75, 3.05) is 0 Å². The Labute approximate surface area is 89.7 Å². The highest BCUT2D eigenvalue weighted by Gasteiger charge is 2.37. The van der Waals surface area contributed by atoms with Gasteiger partial charge in [-0.25, -0.2) is 0 Å². The fourth-order valence-corrected chi connectivity index (χ4v) is 2.36. The Hall–Kier alpha value is -1.75. The molecule has 76 valence electrons. The van der Waals surface area contributed by atoms with E-state index in [1.807, 2.05) is 12.1 Å². The molecule has 15 heavy (non-hydrogen) atoms. The van der Waals surface area contributed by atoms with Crippen molar-refractivity contribution in [3.05, 3.63) is 35.4 Å². The predicted molar refractivity (Wildman–Crippen MR) is 59.1 cm³/mol. The van der Waals surface area contributed by atoms with Crippen molar-refractivity contribution in [3.8, 4) is 12.3 Å². The second-order valence-corrected chi connectivity index (χ2v) is 3.88. The number of hydrogen-bond donors (Lipinski definition) is 1. The molecule has 0 bridgehead atoms. The first-order chi connectivity index (χ1) is 7.32. The van der Waals surface area contributed by atoms with Gasteiger partial charge in [-0.05, 0) is 24.0 Å². The molecule has 0 saturated carbocycles. The van der Waals surface area contributed by atoms with Gasteiger partial charge in [0.1, 0.15) is 0 Å². The number of carbonyl (C=O) groups excluding carboxylic acids is 1. The molecule has 1 aromatic rings. The van der Waals surface area contributed by atoms with Gasteiger partial charge in [-0.15, -0.1) is 12.3 Å². The predicted octanol–water partition coefficient (Wildman–Crippen LogP) is 1.60. The minimum Gasteiger partial charge on any atom is -0.348 e. The lowest BCUT2D eigenvalue weighted by atomic mass is 9.89. The van der Waals surface area contributed by atoms with Crippen LogP contribution in [0.1, 0.15) is 24.0 Å². The molecule has 0 radical (unpaired) electrons. The molecular formula is C13H13NO. The number of benzene rings is 1. The van der Waals surface area contributed by atoms with Crippen LogP contribution in [0.25, 0.3) is 0 Å². The molecule has 1 aliphatic carbocycles. The summed E-state index contributed by atoms with van der Waals surface area (Å²) in [4.78, 5) is 10.7. The Morgan fingerprint density at radius 3 is 3.07 bits per heavy atom. The van der Waals surface area contributed by atoms with Gasteiger partial charge in [0.05, 0.1) is 5.54 Å². The quantitative estimate of drug-likeness (QED) is 0.581. The van der Waals surface area contributed by atoms with E-state index in [1.54, 1.807) is 0 Å². The van der Waals surface area contributed by atoms with E-state index in [4.69, 9.17) is 6.42 Å². The summed E-state index contributed by atoms with van der Waals surface area (Å²) < 4.78 is 0. The molecule has 0 aromatic heterocycles. The second kappa shape index (κ2) is 3.78. The van der Waals surface area contributed by atoms with Crippen LogP contribution in [0, 0.1) is 12.3 Å². The number of nitrogens with one attached hydrogen (secondary N) is 1. The van der Waals surface area contributed by atoms with Crippen molar-refractivity contribution >= 4 is 6.41 Å².